The highest BCUT2D eigenvalue weighted by molar-refractivity contribution is 5.36. The molecule has 0 aromatic heterocycles. The topological polar surface area (TPSA) is 35.8 Å². The van der Waals surface area contributed by atoms with Gasteiger partial charge in [0.2, 0.25) is 0 Å². The summed E-state index contributed by atoms with van der Waals surface area (Å²) in [4.78, 5) is 0. The quantitative estimate of drug-likeness (QED) is 0.847. The van der Waals surface area contributed by atoms with Crippen molar-refractivity contribution in [2.75, 3.05) is 0 Å². The van der Waals surface area contributed by atoms with Crippen LogP contribution in [-0.2, 0) is 5.41 Å². The molecule has 0 aliphatic heterocycles. The van der Waals surface area contributed by atoms with Crippen molar-refractivity contribution in [1.29, 1.82) is 5.26 Å². The molecule has 1 aliphatic carbocycles. The van der Waals surface area contributed by atoms with Crippen LogP contribution < -0.4 is 5.32 Å². The van der Waals surface area contributed by atoms with Gasteiger partial charge in [0.25, 0.3) is 0 Å². The maximum absolute atomic E-state index is 9.55. The molecule has 1 aliphatic rings. The Hall–Kier alpha value is -1.33. The first-order chi connectivity index (χ1) is 9.59. The maximum Gasteiger partial charge on any atom is 0.0852 e. The molecular weight excluding hydrogens is 244 g/mol. The summed E-state index contributed by atoms with van der Waals surface area (Å²) < 4.78 is 0. The minimum absolute atomic E-state index is 0.255. The van der Waals surface area contributed by atoms with Crippen LogP contribution in [0.4, 0.5) is 0 Å². The van der Waals surface area contributed by atoms with Gasteiger partial charge in [-0.25, -0.2) is 0 Å². The zero-order valence-electron chi connectivity index (χ0n) is 12.9. The Balaban J connectivity index is 1.88. The van der Waals surface area contributed by atoms with E-state index in [1.165, 1.54) is 18.4 Å². The fraction of sp³-hybridized carbons (Fsp3) is 0.611. The second-order valence-electron chi connectivity index (χ2n) is 6.48. The fourth-order valence-corrected chi connectivity index (χ4v) is 3.29. The summed E-state index contributed by atoms with van der Waals surface area (Å²) in [5.41, 5.74) is 0.921. The SMILES string of the molecule is CCC(C)CC(C)NC1CC(C#N)(c2ccccc2)C1. The van der Waals surface area contributed by atoms with Gasteiger partial charge in [-0.3, -0.25) is 0 Å². The van der Waals surface area contributed by atoms with E-state index in [-0.39, 0.29) is 5.41 Å². The monoisotopic (exact) mass is 270 g/mol. The van der Waals surface area contributed by atoms with E-state index in [1.807, 2.05) is 18.2 Å². The number of nitrogens with one attached hydrogen (secondary N) is 1. The Morgan fingerprint density at radius 1 is 1.30 bits per heavy atom. The maximum atomic E-state index is 9.55. The predicted molar refractivity (Wildman–Crippen MR) is 83.4 cm³/mol. The van der Waals surface area contributed by atoms with E-state index in [0.717, 1.165) is 18.8 Å². The van der Waals surface area contributed by atoms with E-state index in [4.69, 9.17) is 0 Å². The second-order valence-corrected chi connectivity index (χ2v) is 6.48. The Kier molecular flexibility index (Phi) is 4.83. The summed E-state index contributed by atoms with van der Waals surface area (Å²) in [7, 11) is 0. The molecule has 1 N–H and O–H groups in total. The Morgan fingerprint density at radius 3 is 2.50 bits per heavy atom. The lowest BCUT2D eigenvalue weighted by atomic mass is 9.62. The van der Waals surface area contributed by atoms with E-state index in [1.54, 1.807) is 0 Å². The molecule has 0 heterocycles. The van der Waals surface area contributed by atoms with E-state index in [2.05, 4.69) is 44.3 Å². The highest BCUT2D eigenvalue weighted by atomic mass is 15.0. The van der Waals surface area contributed by atoms with Gasteiger partial charge in [0.15, 0.2) is 0 Å². The predicted octanol–water partition coefficient (Wildman–Crippen LogP) is 4.02. The molecular formula is C18H26N2. The van der Waals surface area contributed by atoms with Crippen LogP contribution >= 0.6 is 0 Å². The van der Waals surface area contributed by atoms with Crippen LogP contribution in [0.25, 0.3) is 0 Å². The molecule has 0 bridgehead atoms. The molecule has 20 heavy (non-hydrogen) atoms. The lowest BCUT2D eigenvalue weighted by molar-refractivity contribution is 0.204. The molecule has 1 fully saturated rings. The summed E-state index contributed by atoms with van der Waals surface area (Å²) in [6, 6.07) is 13.8. The summed E-state index contributed by atoms with van der Waals surface area (Å²) >= 11 is 0. The van der Waals surface area contributed by atoms with Crippen LogP contribution in [0.15, 0.2) is 30.3 Å². The summed E-state index contributed by atoms with van der Waals surface area (Å²) in [6.07, 6.45) is 4.34. The molecule has 0 saturated heterocycles. The lowest BCUT2D eigenvalue weighted by Crippen LogP contribution is -2.53. The molecule has 108 valence electrons. The number of hydrogen-bond acceptors (Lipinski definition) is 2. The Labute approximate surface area is 123 Å². The molecule has 2 rings (SSSR count). The number of nitrogens with zero attached hydrogens (tertiary/aromatic N) is 1. The van der Waals surface area contributed by atoms with Crippen LogP contribution in [0.3, 0.4) is 0 Å². The molecule has 1 aromatic carbocycles. The molecule has 0 spiro atoms. The molecule has 1 saturated carbocycles. The van der Waals surface area contributed by atoms with Gasteiger partial charge in [-0.1, -0.05) is 50.6 Å². The average Bonchev–Trinajstić information content (AvgIpc) is 2.43. The smallest absolute Gasteiger partial charge is 0.0852 e. The van der Waals surface area contributed by atoms with Crippen molar-refractivity contribution in [2.24, 2.45) is 5.92 Å². The van der Waals surface area contributed by atoms with Crippen molar-refractivity contribution < 1.29 is 0 Å². The lowest BCUT2D eigenvalue weighted by Gasteiger charge is -2.44. The van der Waals surface area contributed by atoms with Crippen molar-refractivity contribution in [3.8, 4) is 6.07 Å². The van der Waals surface area contributed by atoms with Crippen LogP contribution in [0, 0.1) is 17.2 Å². The number of rotatable bonds is 6. The highest BCUT2D eigenvalue weighted by Crippen LogP contribution is 2.43. The number of hydrogen-bond donors (Lipinski definition) is 1. The normalized spacial score (nSPS) is 28.2. The summed E-state index contributed by atoms with van der Waals surface area (Å²) in [6.45, 7) is 6.82. The number of benzene rings is 1. The fourth-order valence-electron chi connectivity index (χ4n) is 3.29. The zero-order valence-corrected chi connectivity index (χ0v) is 12.9. The first-order valence-corrected chi connectivity index (χ1v) is 7.82. The van der Waals surface area contributed by atoms with Crippen LogP contribution in [0.1, 0.15) is 52.0 Å². The molecule has 1 aromatic rings. The van der Waals surface area contributed by atoms with Gasteiger partial charge in [0.05, 0.1) is 11.5 Å². The van der Waals surface area contributed by atoms with Crippen LogP contribution in [-0.4, -0.2) is 12.1 Å². The molecule has 2 nitrogen and oxygen atoms in total. The average molecular weight is 270 g/mol. The van der Waals surface area contributed by atoms with Crippen LogP contribution in [0.5, 0.6) is 0 Å². The first-order valence-electron chi connectivity index (χ1n) is 7.82. The van der Waals surface area contributed by atoms with Crippen molar-refractivity contribution >= 4 is 0 Å². The molecule has 0 radical (unpaired) electrons. The van der Waals surface area contributed by atoms with E-state index < -0.39 is 0 Å². The number of nitriles is 1. The summed E-state index contributed by atoms with van der Waals surface area (Å²) in [5.74, 6) is 0.771. The molecule has 0 amide bonds. The molecule has 2 atom stereocenters. The standard InChI is InChI=1S/C18H26N2/c1-4-14(2)10-15(3)20-17-11-18(12-17,13-19)16-8-6-5-7-9-16/h5-9,14-15,17,20H,4,10-12H2,1-3H3. The highest BCUT2D eigenvalue weighted by Gasteiger charge is 2.46. The molecule has 2 heteroatoms. The van der Waals surface area contributed by atoms with Gasteiger partial charge >= 0.3 is 0 Å². The van der Waals surface area contributed by atoms with Gasteiger partial charge in [0.1, 0.15) is 0 Å². The third-order valence-corrected chi connectivity index (χ3v) is 4.70. The van der Waals surface area contributed by atoms with Gasteiger partial charge in [-0.05, 0) is 37.7 Å². The second kappa shape index (κ2) is 6.41. The van der Waals surface area contributed by atoms with Crippen molar-refractivity contribution in [1.82, 2.24) is 5.32 Å². The minimum Gasteiger partial charge on any atom is -0.311 e. The molecule has 2 unspecified atom stereocenters. The summed E-state index contributed by atoms with van der Waals surface area (Å²) in [5, 5.41) is 13.2. The van der Waals surface area contributed by atoms with Crippen molar-refractivity contribution in [3.63, 3.8) is 0 Å². The van der Waals surface area contributed by atoms with Gasteiger partial charge < -0.3 is 5.32 Å². The van der Waals surface area contributed by atoms with Gasteiger partial charge in [-0.2, -0.15) is 5.26 Å². The third-order valence-electron chi connectivity index (χ3n) is 4.70. The Morgan fingerprint density at radius 2 is 1.95 bits per heavy atom. The largest absolute Gasteiger partial charge is 0.311 e. The van der Waals surface area contributed by atoms with Crippen molar-refractivity contribution in [2.45, 2.75) is 64.0 Å². The van der Waals surface area contributed by atoms with Gasteiger partial charge in [0, 0.05) is 12.1 Å². The Bertz CT molecular complexity index is 454. The van der Waals surface area contributed by atoms with Gasteiger partial charge in [-0.15, -0.1) is 0 Å². The third kappa shape index (κ3) is 3.22. The van der Waals surface area contributed by atoms with Crippen molar-refractivity contribution in [3.05, 3.63) is 35.9 Å². The van der Waals surface area contributed by atoms with E-state index >= 15 is 0 Å². The van der Waals surface area contributed by atoms with E-state index in [9.17, 15) is 5.26 Å². The minimum atomic E-state index is -0.255. The zero-order chi connectivity index (χ0) is 14.6. The van der Waals surface area contributed by atoms with E-state index in [0.29, 0.717) is 12.1 Å². The van der Waals surface area contributed by atoms with Crippen LogP contribution in [0.2, 0.25) is 0 Å². The first kappa shape index (κ1) is 15.1.